The van der Waals surface area contributed by atoms with Crippen molar-refractivity contribution in [3.05, 3.63) is 59.7 Å². The lowest BCUT2D eigenvalue weighted by Gasteiger charge is -2.10. The third-order valence-corrected chi connectivity index (χ3v) is 3.46. The maximum atomic E-state index is 12.6. The molecule has 0 aliphatic carbocycles. The van der Waals surface area contributed by atoms with Gasteiger partial charge in [-0.15, -0.1) is 0 Å². The van der Waals surface area contributed by atoms with Crippen LogP contribution >= 0.6 is 0 Å². The third-order valence-electron chi connectivity index (χ3n) is 3.46. The molecule has 6 nitrogen and oxygen atoms in total. The quantitative estimate of drug-likeness (QED) is 0.574. The molecule has 0 saturated carbocycles. The van der Waals surface area contributed by atoms with Crippen molar-refractivity contribution in [3.8, 4) is 5.75 Å². The minimum atomic E-state index is -4.53. The molecular formula is C19H16F3NO5. The van der Waals surface area contributed by atoms with Crippen LogP contribution in [0.2, 0.25) is 0 Å². The van der Waals surface area contributed by atoms with E-state index in [-0.39, 0.29) is 11.5 Å². The summed E-state index contributed by atoms with van der Waals surface area (Å²) in [7, 11) is 0. The summed E-state index contributed by atoms with van der Waals surface area (Å²) in [5, 5.41) is 2.47. The molecule has 148 valence electrons. The maximum absolute atomic E-state index is 12.6. The van der Waals surface area contributed by atoms with Crippen LogP contribution in [0.3, 0.4) is 0 Å². The molecule has 0 atom stereocenters. The van der Waals surface area contributed by atoms with Crippen LogP contribution in [0.1, 0.15) is 22.8 Å². The first-order valence-electron chi connectivity index (χ1n) is 8.01. The highest BCUT2D eigenvalue weighted by Crippen LogP contribution is 2.31. The average Bonchev–Trinajstić information content (AvgIpc) is 2.64. The molecule has 2 aromatic rings. The molecule has 0 saturated heterocycles. The van der Waals surface area contributed by atoms with E-state index < -0.39 is 36.8 Å². The predicted octanol–water partition coefficient (Wildman–Crippen LogP) is 3.47. The summed E-state index contributed by atoms with van der Waals surface area (Å²) in [5.74, 6) is -1.81. The van der Waals surface area contributed by atoms with Crippen molar-refractivity contribution in [2.24, 2.45) is 0 Å². The minimum absolute atomic E-state index is 0.118. The number of ketones is 1. The Balaban J connectivity index is 1.77. The van der Waals surface area contributed by atoms with Gasteiger partial charge in [0, 0.05) is 11.3 Å². The van der Waals surface area contributed by atoms with Gasteiger partial charge in [0.25, 0.3) is 5.91 Å². The first-order valence-corrected chi connectivity index (χ1v) is 8.01. The van der Waals surface area contributed by atoms with Crippen LogP contribution in [0.5, 0.6) is 5.75 Å². The van der Waals surface area contributed by atoms with E-state index in [9.17, 15) is 27.6 Å². The van der Waals surface area contributed by atoms with Crippen LogP contribution in [-0.2, 0) is 20.5 Å². The monoisotopic (exact) mass is 395 g/mol. The second kappa shape index (κ2) is 9.03. The zero-order chi connectivity index (χ0) is 20.7. The largest absolute Gasteiger partial charge is 0.482 e. The highest BCUT2D eigenvalue weighted by molar-refractivity contribution is 5.96. The molecular weight excluding hydrogens is 379 g/mol. The number of carbonyl (C=O) groups is 3. The SMILES string of the molecule is CC(=O)c1ccc(NC(=O)COC(=O)COc2cccc(C(F)(F)F)c2)cc1. The van der Waals surface area contributed by atoms with Gasteiger partial charge in [0.15, 0.2) is 19.0 Å². The first-order chi connectivity index (χ1) is 13.1. The van der Waals surface area contributed by atoms with Crippen LogP contribution < -0.4 is 10.1 Å². The smallest absolute Gasteiger partial charge is 0.416 e. The Hall–Kier alpha value is -3.36. The lowest BCUT2D eigenvalue weighted by atomic mass is 10.1. The van der Waals surface area contributed by atoms with Gasteiger partial charge < -0.3 is 14.8 Å². The number of esters is 1. The molecule has 0 fully saturated rings. The fraction of sp³-hybridized carbons (Fsp3) is 0.211. The normalized spacial score (nSPS) is 10.9. The van der Waals surface area contributed by atoms with Crippen molar-refractivity contribution in [1.82, 2.24) is 0 Å². The highest BCUT2D eigenvalue weighted by Gasteiger charge is 2.30. The number of alkyl halides is 3. The van der Waals surface area contributed by atoms with E-state index in [1.165, 1.54) is 37.3 Å². The number of hydrogen-bond donors (Lipinski definition) is 1. The summed E-state index contributed by atoms with van der Waals surface area (Å²) < 4.78 is 47.5. The van der Waals surface area contributed by atoms with Crippen molar-refractivity contribution in [2.45, 2.75) is 13.1 Å². The fourth-order valence-corrected chi connectivity index (χ4v) is 2.08. The van der Waals surface area contributed by atoms with Crippen molar-refractivity contribution >= 4 is 23.3 Å². The van der Waals surface area contributed by atoms with E-state index in [0.29, 0.717) is 11.3 Å². The Morgan fingerprint density at radius 3 is 2.29 bits per heavy atom. The summed E-state index contributed by atoms with van der Waals surface area (Å²) >= 11 is 0. The standard InChI is InChI=1S/C19H16F3NO5/c1-12(24)13-5-7-15(8-6-13)23-17(25)10-28-18(26)11-27-16-4-2-3-14(9-16)19(20,21)22/h2-9H,10-11H2,1H3,(H,23,25). The predicted molar refractivity (Wildman–Crippen MR) is 93.0 cm³/mol. The molecule has 0 aliphatic heterocycles. The van der Waals surface area contributed by atoms with E-state index in [1.807, 2.05) is 0 Å². The van der Waals surface area contributed by atoms with Gasteiger partial charge in [0.1, 0.15) is 5.75 Å². The van der Waals surface area contributed by atoms with Gasteiger partial charge in [-0.3, -0.25) is 9.59 Å². The van der Waals surface area contributed by atoms with Gasteiger partial charge in [-0.2, -0.15) is 13.2 Å². The van der Waals surface area contributed by atoms with Crippen LogP contribution in [0, 0.1) is 0 Å². The second-order valence-corrected chi connectivity index (χ2v) is 5.66. The Morgan fingerprint density at radius 2 is 1.68 bits per heavy atom. The summed E-state index contributed by atoms with van der Waals surface area (Å²) in [4.78, 5) is 34.5. The van der Waals surface area contributed by atoms with Crippen molar-refractivity contribution in [1.29, 1.82) is 0 Å². The van der Waals surface area contributed by atoms with E-state index in [0.717, 1.165) is 18.2 Å². The van der Waals surface area contributed by atoms with E-state index in [2.05, 4.69) is 5.32 Å². The minimum Gasteiger partial charge on any atom is -0.482 e. The molecule has 0 aliphatic rings. The zero-order valence-electron chi connectivity index (χ0n) is 14.7. The number of amides is 1. The van der Waals surface area contributed by atoms with Crippen LogP contribution in [0.25, 0.3) is 0 Å². The summed E-state index contributed by atoms with van der Waals surface area (Å²) in [6.07, 6.45) is -4.53. The lowest BCUT2D eigenvalue weighted by Crippen LogP contribution is -2.23. The number of benzene rings is 2. The Morgan fingerprint density at radius 1 is 1.00 bits per heavy atom. The Labute approximate surface area is 158 Å². The molecule has 1 amide bonds. The van der Waals surface area contributed by atoms with Crippen LogP contribution in [0.15, 0.2) is 48.5 Å². The van der Waals surface area contributed by atoms with Crippen molar-refractivity contribution < 1.29 is 37.0 Å². The highest BCUT2D eigenvalue weighted by atomic mass is 19.4. The van der Waals surface area contributed by atoms with Gasteiger partial charge in [-0.1, -0.05) is 6.07 Å². The van der Waals surface area contributed by atoms with Gasteiger partial charge in [-0.05, 0) is 49.4 Å². The van der Waals surface area contributed by atoms with Crippen LogP contribution in [-0.4, -0.2) is 30.9 Å². The lowest BCUT2D eigenvalue weighted by molar-refractivity contribution is -0.149. The Kier molecular flexibility index (Phi) is 6.75. The van der Waals surface area contributed by atoms with Crippen LogP contribution in [0.4, 0.5) is 18.9 Å². The van der Waals surface area contributed by atoms with E-state index in [1.54, 1.807) is 0 Å². The molecule has 0 spiro atoms. The molecule has 9 heteroatoms. The average molecular weight is 395 g/mol. The molecule has 2 aromatic carbocycles. The molecule has 0 bridgehead atoms. The molecule has 0 radical (unpaired) electrons. The van der Waals surface area contributed by atoms with Gasteiger partial charge in [-0.25, -0.2) is 4.79 Å². The molecule has 0 heterocycles. The first kappa shape index (κ1) is 20.9. The maximum Gasteiger partial charge on any atom is 0.416 e. The van der Waals surface area contributed by atoms with Gasteiger partial charge >= 0.3 is 12.1 Å². The number of rotatable bonds is 7. The molecule has 2 rings (SSSR count). The number of ether oxygens (including phenoxy) is 2. The molecule has 0 aromatic heterocycles. The summed E-state index contributed by atoms with van der Waals surface area (Å²) in [5.41, 5.74) is -0.0176. The summed E-state index contributed by atoms with van der Waals surface area (Å²) in [6, 6.07) is 10.2. The summed E-state index contributed by atoms with van der Waals surface area (Å²) in [6.45, 7) is 0.162. The number of halogens is 3. The number of hydrogen-bond acceptors (Lipinski definition) is 5. The number of carbonyl (C=O) groups excluding carboxylic acids is 3. The zero-order valence-corrected chi connectivity index (χ0v) is 14.7. The molecule has 28 heavy (non-hydrogen) atoms. The topological polar surface area (TPSA) is 81.7 Å². The van der Waals surface area contributed by atoms with Crippen molar-refractivity contribution in [3.63, 3.8) is 0 Å². The molecule has 1 N–H and O–H groups in total. The van der Waals surface area contributed by atoms with Crippen molar-refractivity contribution in [2.75, 3.05) is 18.5 Å². The fourth-order valence-electron chi connectivity index (χ4n) is 2.08. The number of anilines is 1. The second-order valence-electron chi connectivity index (χ2n) is 5.66. The Bertz CT molecular complexity index is 863. The number of Topliss-reactive ketones (excluding diaryl/α,β-unsaturated/α-hetero) is 1. The molecule has 0 unspecified atom stereocenters. The van der Waals surface area contributed by atoms with Gasteiger partial charge in [0.2, 0.25) is 0 Å². The van der Waals surface area contributed by atoms with E-state index >= 15 is 0 Å². The van der Waals surface area contributed by atoms with Gasteiger partial charge in [0.05, 0.1) is 5.56 Å². The van der Waals surface area contributed by atoms with E-state index in [4.69, 9.17) is 9.47 Å². The third kappa shape index (κ3) is 6.42. The number of nitrogens with one attached hydrogen (secondary N) is 1.